The minimum absolute atomic E-state index is 0.0358. The molecule has 0 aliphatic carbocycles. The van der Waals surface area contributed by atoms with Crippen molar-refractivity contribution < 1.29 is 9.59 Å². The van der Waals surface area contributed by atoms with Gasteiger partial charge in [0.1, 0.15) is 0 Å². The highest BCUT2D eigenvalue weighted by Gasteiger charge is 2.22. The van der Waals surface area contributed by atoms with E-state index in [1.165, 1.54) is 11.8 Å². The molecule has 2 aromatic carbocycles. The van der Waals surface area contributed by atoms with Gasteiger partial charge in [0.25, 0.3) is 0 Å². The molecule has 1 atom stereocenters. The van der Waals surface area contributed by atoms with Gasteiger partial charge in [-0.15, -0.1) is 5.10 Å². The monoisotopic (exact) mass is 409 g/mol. The van der Waals surface area contributed by atoms with E-state index in [2.05, 4.69) is 20.8 Å². The summed E-state index contributed by atoms with van der Waals surface area (Å²) in [5, 5.41) is 14.8. The molecule has 29 heavy (non-hydrogen) atoms. The molecule has 1 amide bonds. The Morgan fingerprint density at radius 3 is 2.31 bits per heavy atom. The van der Waals surface area contributed by atoms with Crippen molar-refractivity contribution in [2.45, 2.75) is 38.1 Å². The number of amides is 1. The number of anilines is 1. The van der Waals surface area contributed by atoms with Crippen LogP contribution < -0.4 is 5.32 Å². The minimum Gasteiger partial charge on any atom is -0.326 e. The van der Waals surface area contributed by atoms with E-state index in [0.717, 1.165) is 5.69 Å². The first-order chi connectivity index (χ1) is 13.8. The van der Waals surface area contributed by atoms with E-state index in [1.807, 2.05) is 58.0 Å². The molecule has 0 bridgehead atoms. The molecule has 0 spiro atoms. The lowest BCUT2D eigenvalue weighted by Gasteiger charge is -2.17. The van der Waals surface area contributed by atoms with Crippen LogP contribution in [0.4, 0.5) is 5.69 Å². The smallest absolute Gasteiger partial charge is 0.229 e. The molecule has 0 aliphatic rings. The standard InChI is InChI=1S/C21H23N5O2S/c1-14(29-20-23-24-25-26(20)17-8-6-5-7-9-17)18(27)15-10-12-16(13-11-15)22-19(28)21(2,3)4/h5-14H,1-4H3,(H,22,28)/t14-/m0/s1. The van der Waals surface area contributed by atoms with E-state index in [9.17, 15) is 9.59 Å². The number of ketones is 1. The maximum Gasteiger partial charge on any atom is 0.229 e. The zero-order valence-corrected chi connectivity index (χ0v) is 17.6. The van der Waals surface area contributed by atoms with E-state index in [1.54, 1.807) is 28.9 Å². The van der Waals surface area contributed by atoms with E-state index in [0.29, 0.717) is 16.4 Å². The Bertz CT molecular complexity index is 994. The molecule has 1 N–H and O–H groups in total. The number of benzene rings is 2. The third-order valence-electron chi connectivity index (χ3n) is 4.20. The van der Waals surface area contributed by atoms with Crippen LogP contribution in [0.5, 0.6) is 0 Å². The fourth-order valence-electron chi connectivity index (χ4n) is 2.47. The molecule has 8 heteroatoms. The number of Topliss-reactive ketones (excluding diaryl/α,β-unsaturated/α-hetero) is 1. The van der Waals surface area contributed by atoms with Crippen LogP contribution >= 0.6 is 11.8 Å². The molecule has 3 rings (SSSR count). The normalized spacial score (nSPS) is 12.4. The molecule has 150 valence electrons. The number of para-hydroxylation sites is 1. The molecule has 0 fully saturated rings. The lowest BCUT2D eigenvalue weighted by Crippen LogP contribution is -2.27. The zero-order valence-electron chi connectivity index (χ0n) is 16.8. The molecule has 0 unspecified atom stereocenters. The molecule has 0 saturated heterocycles. The quantitative estimate of drug-likeness (QED) is 0.489. The van der Waals surface area contributed by atoms with Gasteiger partial charge >= 0.3 is 0 Å². The Kier molecular flexibility index (Phi) is 6.12. The van der Waals surface area contributed by atoms with Crippen LogP contribution in [0.1, 0.15) is 38.1 Å². The number of carbonyl (C=O) groups is 2. The number of hydrogen-bond donors (Lipinski definition) is 1. The third kappa shape index (κ3) is 5.08. The number of nitrogens with zero attached hydrogens (tertiary/aromatic N) is 4. The molecular formula is C21H23N5O2S. The topological polar surface area (TPSA) is 89.8 Å². The maximum atomic E-state index is 12.8. The van der Waals surface area contributed by atoms with Crippen LogP contribution in [0.15, 0.2) is 59.8 Å². The second kappa shape index (κ2) is 8.57. The van der Waals surface area contributed by atoms with Gasteiger partial charge in [-0.3, -0.25) is 9.59 Å². The van der Waals surface area contributed by atoms with Gasteiger partial charge in [-0.1, -0.05) is 50.7 Å². The van der Waals surface area contributed by atoms with Crippen LogP contribution in [-0.2, 0) is 4.79 Å². The predicted molar refractivity (Wildman–Crippen MR) is 113 cm³/mol. The number of carbonyl (C=O) groups excluding carboxylic acids is 2. The molecule has 0 radical (unpaired) electrons. The molecule has 0 aliphatic heterocycles. The van der Waals surface area contributed by atoms with Crippen molar-refractivity contribution in [3.8, 4) is 5.69 Å². The Morgan fingerprint density at radius 2 is 1.69 bits per heavy atom. The first-order valence-electron chi connectivity index (χ1n) is 9.22. The molecule has 0 saturated carbocycles. The molecule has 1 heterocycles. The lowest BCUT2D eigenvalue weighted by atomic mass is 9.95. The number of rotatable bonds is 6. The minimum atomic E-state index is -0.484. The Hall–Kier alpha value is -3.00. The Morgan fingerprint density at radius 1 is 1.03 bits per heavy atom. The van der Waals surface area contributed by atoms with Crippen molar-refractivity contribution in [3.05, 3.63) is 60.2 Å². The summed E-state index contributed by atoms with van der Waals surface area (Å²) in [6.07, 6.45) is 0. The number of nitrogens with one attached hydrogen (secondary N) is 1. The Balaban J connectivity index is 1.68. The van der Waals surface area contributed by atoms with Crippen molar-refractivity contribution >= 4 is 29.1 Å². The number of hydrogen-bond acceptors (Lipinski definition) is 6. The fourth-order valence-corrected chi connectivity index (χ4v) is 3.35. The van der Waals surface area contributed by atoms with Gasteiger partial charge in [0.05, 0.1) is 10.9 Å². The van der Waals surface area contributed by atoms with Gasteiger partial charge in [0, 0.05) is 16.7 Å². The lowest BCUT2D eigenvalue weighted by molar-refractivity contribution is -0.123. The summed E-state index contributed by atoms with van der Waals surface area (Å²) in [4.78, 5) is 24.9. The Labute approximate surface area is 173 Å². The van der Waals surface area contributed by atoms with Crippen LogP contribution in [0, 0.1) is 5.41 Å². The first-order valence-corrected chi connectivity index (χ1v) is 10.1. The van der Waals surface area contributed by atoms with Gasteiger partial charge in [-0.25, -0.2) is 0 Å². The largest absolute Gasteiger partial charge is 0.326 e. The van der Waals surface area contributed by atoms with Crippen molar-refractivity contribution in [3.63, 3.8) is 0 Å². The average molecular weight is 410 g/mol. The fraction of sp³-hybridized carbons (Fsp3) is 0.286. The summed E-state index contributed by atoms with van der Waals surface area (Å²) >= 11 is 1.30. The second-order valence-electron chi connectivity index (χ2n) is 7.61. The van der Waals surface area contributed by atoms with Gasteiger partial charge in [-0.05, 0) is 53.7 Å². The van der Waals surface area contributed by atoms with Crippen LogP contribution in [0.3, 0.4) is 0 Å². The van der Waals surface area contributed by atoms with Gasteiger partial charge < -0.3 is 5.32 Å². The van der Waals surface area contributed by atoms with Crippen molar-refractivity contribution in [2.75, 3.05) is 5.32 Å². The molecular weight excluding hydrogens is 386 g/mol. The van der Waals surface area contributed by atoms with Crippen molar-refractivity contribution in [1.82, 2.24) is 20.2 Å². The molecule has 3 aromatic rings. The third-order valence-corrected chi connectivity index (χ3v) is 5.23. The summed E-state index contributed by atoms with van der Waals surface area (Å²) < 4.78 is 1.61. The second-order valence-corrected chi connectivity index (χ2v) is 8.92. The van der Waals surface area contributed by atoms with E-state index >= 15 is 0 Å². The van der Waals surface area contributed by atoms with Crippen LogP contribution in [-0.4, -0.2) is 37.1 Å². The number of thioether (sulfide) groups is 1. The molecule has 7 nitrogen and oxygen atoms in total. The van der Waals surface area contributed by atoms with Crippen LogP contribution in [0.2, 0.25) is 0 Å². The van der Waals surface area contributed by atoms with Gasteiger partial charge in [0.2, 0.25) is 11.1 Å². The molecule has 1 aromatic heterocycles. The highest BCUT2D eigenvalue weighted by Crippen LogP contribution is 2.26. The predicted octanol–water partition coefficient (Wildman–Crippen LogP) is 4.01. The van der Waals surface area contributed by atoms with Crippen LogP contribution in [0.25, 0.3) is 5.69 Å². The highest BCUT2D eigenvalue weighted by molar-refractivity contribution is 8.00. The summed E-state index contributed by atoms with van der Waals surface area (Å²) in [6, 6.07) is 16.4. The van der Waals surface area contributed by atoms with E-state index in [4.69, 9.17) is 0 Å². The van der Waals surface area contributed by atoms with Crippen molar-refractivity contribution in [1.29, 1.82) is 0 Å². The van der Waals surface area contributed by atoms with Gasteiger partial charge in [0.15, 0.2) is 5.78 Å². The number of aromatic nitrogens is 4. The van der Waals surface area contributed by atoms with Crippen molar-refractivity contribution in [2.24, 2.45) is 5.41 Å². The maximum absolute atomic E-state index is 12.8. The first kappa shape index (κ1) is 20.7. The zero-order chi connectivity index (χ0) is 21.0. The summed E-state index contributed by atoms with van der Waals surface area (Å²) in [7, 11) is 0. The van der Waals surface area contributed by atoms with E-state index < -0.39 is 5.41 Å². The SMILES string of the molecule is C[C@H](Sc1nnnn1-c1ccccc1)C(=O)c1ccc(NC(=O)C(C)(C)C)cc1. The summed E-state index contributed by atoms with van der Waals surface area (Å²) in [5.41, 5.74) is 1.58. The van der Waals surface area contributed by atoms with E-state index in [-0.39, 0.29) is 16.9 Å². The highest BCUT2D eigenvalue weighted by atomic mass is 32.2. The van der Waals surface area contributed by atoms with Gasteiger partial charge in [-0.2, -0.15) is 4.68 Å². The summed E-state index contributed by atoms with van der Waals surface area (Å²) in [6.45, 7) is 7.37. The summed E-state index contributed by atoms with van der Waals surface area (Å²) in [5.74, 6) is -0.112. The average Bonchev–Trinajstić information content (AvgIpc) is 3.16. The number of tetrazole rings is 1.